The van der Waals surface area contributed by atoms with Gasteiger partial charge in [-0.1, -0.05) is 12.1 Å². The minimum Gasteiger partial charge on any atom is -0.507 e. The van der Waals surface area contributed by atoms with Gasteiger partial charge in [0.25, 0.3) is 11.7 Å². The highest BCUT2D eigenvalue weighted by Gasteiger charge is 2.47. The van der Waals surface area contributed by atoms with Gasteiger partial charge in [0.15, 0.2) is 0 Å². The predicted octanol–water partition coefficient (Wildman–Crippen LogP) is 6.32. The summed E-state index contributed by atoms with van der Waals surface area (Å²) in [5, 5.41) is 11.3. The Morgan fingerprint density at radius 2 is 1.56 bits per heavy atom. The molecule has 0 aliphatic carbocycles. The van der Waals surface area contributed by atoms with Crippen LogP contribution in [0.4, 0.5) is 18.9 Å². The van der Waals surface area contributed by atoms with Crippen molar-refractivity contribution < 1.29 is 42.1 Å². The van der Waals surface area contributed by atoms with Gasteiger partial charge in [0.2, 0.25) is 0 Å². The Balaban J connectivity index is 1.83. The number of amides is 1. The molecule has 1 aliphatic rings. The van der Waals surface area contributed by atoms with E-state index in [0.29, 0.717) is 28.2 Å². The summed E-state index contributed by atoms with van der Waals surface area (Å²) in [5.41, 5.74) is 1.46. The zero-order valence-corrected chi connectivity index (χ0v) is 21.6. The van der Waals surface area contributed by atoms with Crippen molar-refractivity contribution in [1.29, 1.82) is 0 Å². The summed E-state index contributed by atoms with van der Waals surface area (Å²) >= 11 is 0. The first kappa shape index (κ1) is 27.6. The molecule has 3 aromatic rings. The van der Waals surface area contributed by atoms with Crippen LogP contribution in [0.2, 0.25) is 0 Å². The van der Waals surface area contributed by atoms with E-state index in [0.717, 1.165) is 17.0 Å². The number of methoxy groups -OCH3 is 1. The van der Waals surface area contributed by atoms with Gasteiger partial charge in [0, 0.05) is 11.3 Å². The molecular formula is C29H26F3NO6. The summed E-state index contributed by atoms with van der Waals surface area (Å²) in [6.45, 7) is 5.55. The van der Waals surface area contributed by atoms with E-state index < -0.39 is 35.6 Å². The fourth-order valence-electron chi connectivity index (χ4n) is 4.35. The van der Waals surface area contributed by atoms with Gasteiger partial charge in [0.05, 0.1) is 24.8 Å². The van der Waals surface area contributed by atoms with Crippen LogP contribution in [0, 0.1) is 6.92 Å². The zero-order chi connectivity index (χ0) is 28.5. The quantitative estimate of drug-likeness (QED) is 0.214. The molecule has 0 bridgehead atoms. The largest absolute Gasteiger partial charge is 0.573 e. The number of aliphatic hydroxyl groups excluding tert-OH is 1. The van der Waals surface area contributed by atoms with Gasteiger partial charge in [0.1, 0.15) is 23.0 Å². The van der Waals surface area contributed by atoms with Crippen molar-refractivity contribution in [3.63, 3.8) is 0 Å². The molecule has 1 saturated heterocycles. The molecule has 1 atom stereocenters. The first-order valence-corrected chi connectivity index (χ1v) is 12.0. The maximum absolute atomic E-state index is 13.3. The summed E-state index contributed by atoms with van der Waals surface area (Å²) in [5.74, 6) is -1.63. The molecule has 0 saturated carbocycles. The number of carbonyl (C=O) groups is 2. The monoisotopic (exact) mass is 541 g/mol. The fraction of sp³-hybridized carbons (Fsp3) is 0.241. The van der Waals surface area contributed by atoms with Gasteiger partial charge in [-0.2, -0.15) is 0 Å². The highest BCUT2D eigenvalue weighted by molar-refractivity contribution is 6.51. The smallest absolute Gasteiger partial charge is 0.507 e. The Morgan fingerprint density at radius 1 is 0.949 bits per heavy atom. The number of alkyl halides is 3. The second-order valence-corrected chi connectivity index (χ2v) is 9.13. The van der Waals surface area contributed by atoms with Crippen molar-refractivity contribution >= 4 is 23.1 Å². The highest BCUT2D eigenvalue weighted by Crippen LogP contribution is 2.43. The molecule has 1 heterocycles. The first-order valence-electron chi connectivity index (χ1n) is 12.0. The van der Waals surface area contributed by atoms with Crippen LogP contribution in [-0.4, -0.2) is 36.4 Å². The number of ketones is 1. The normalized spacial score (nSPS) is 17.0. The number of halogens is 3. The third kappa shape index (κ3) is 5.84. The predicted molar refractivity (Wildman–Crippen MR) is 138 cm³/mol. The Labute approximate surface area is 223 Å². The lowest BCUT2D eigenvalue weighted by atomic mass is 9.94. The average Bonchev–Trinajstić information content (AvgIpc) is 3.14. The Morgan fingerprint density at radius 3 is 2.10 bits per heavy atom. The molecule has 3 aromatic carbocycles. The number of aliphatic hydroxyl groups is 1. The summed E-state index contributed by atoms with van der Waals surface area (Å²) in [6, 6.07) is 15.0. The molecule has 1 amide bonds. The molecule has 0 radical (unpaired) electrons. The summed E-state index contributed by atoms with van der Waals surface area (Å²) in [4.78, 5) is 27.8. The minimum absolute atomic E-state index is 0.0727. The molecule has 0 spiro atoms. The second-order valence-electron chi connectivity index (χ2n) is 9.13. The molecule has 7 nitrogen and oxygen atoms in total. The SMILES string of the molecule is COc1ccc(C2/C(=C(/O)c3ccc(OC(C)C)c(C)c3)C(=O)C(=O)N2c2ccc(OC(F)(F)F)cc2)cc1. The van der Waals surface area contributed by atoms with Crippen molar-refractivity contribution in [2.75, 3.05) is 12.0 Å². The van der Waals surface area contributed by atoms with Crippen molar-refractivity contribution in [1.82, 2.24) is 0 Å². The third-order valence-electron chi connectivity index (χ3n) is 6.04. The molecule has 0 aromatic heterocycles. The number of Topliss-reactive ketones (excluding diaryl/α,β-unsaturated/α-hetero) is 1. The van der Waals surface area contributed by atoms with Crippen LogP contribution in [0.5, 0.6) is 17.2 Å². The number of carbonyl (C=O) groups excluding carboxylic acids is 2. The van der Waals surface area contributed by atoms with Crippen molar-refractivity contribution in [3.8, 4) is 17.2 Å². The van der Waals surface area contributed by atoms with E-state index in [4.69, 9.17) is 9.47 Å². The van der Waals surface area contributed by atoms with E-state index in [2.05, 4.69) is 4.74 Å². The number of nitrogens with zero attached hydrogens (tertiary/aromatic N) is 1. The van der Waals surface area contributed by atoms with Crippen LogP contribution in [-0.2, 0) is 9.59 Å². The van der Waals surface area contributed by atoms with E-state index >= 15 is 0 Å². The van der Waals surface area contributed by atoms with E-state index in [1.807, 2.05) is 13.8 Å². The standard InChI is InChI=1S/C29H26F3NO6/c1-16(2)38-23-14-7-19(15-17(23)3)26(34)24-25(18-5-10-21(37-4)11-6-18)33(28(36)27(24)35)20-8-12-22(13-9-20)39-29(30,31)32/h5-16,25,34H,1-4H3/b26-24-. The summed E-state index contributed by atoms with van der Waals surface area (Å²) < 4.78 is 52.8. The van der Waals surface area contributed by atoms with Gasteiger partial charge in [-0.15, -0.1) is 13.2 Å². The lowest BCUT2D eigenvalue weighted by Crippen LogP contribution is -2.29. The van der Waals surface area contributed by atoms with E-state index in [1.54, 1.807) is 49.4 Å². The minimum atomic E-state index is -4.89. The molecule has 1 N–H and O–H groups in total. The topological polar surface area (TPSA) is 85.3 Å². The van der Waals surface area contributed by atoms with Crippen LogP contribution in [0.1, 0.15) is 36.6 Å². The lowest BCUT2D eigenvalue weighted by molar-refractivity contribution is -0.274. The molecule has 10 heteroatoms. The number of anilines is 1. The maximum atomic E-state index is 13.3. The van der Waals surface area contributed by atoms with Gasteiger partial charge in [-0.3, -0.25) is 14.5 Å². The Kier molecular flexibility index (Phi) is 7.58. The Hall–Kier alpha value is -4.47. The van der Waals surface area contributed by atoms with E-state index in [-0.39, 0.29) is 17.4 Å². The van der Waals surface area contributed by atoms with Gasteiger partial charge in [-0.05, 0) is 86.5 Å². The fourth-order valence-corrected chi connectivity index (χ4v) is 4.35. The molecule has 1 fully saturated rings. The second kappa shape index (κ2) is 10.7. The number of hydrogen-bond acceptors (Lipinski definition) is 6. The van der Waals surface area contributed by atoms with Crippen LogP contribution in [0.3, 0.4) is 0 Å². The zero-order valence-electron chi connectivity index (χ0n) is 21.6. The van der Waals surface area contributed by atoms with E-state index in [9.17, 15) is 27.9 Å². The van der Waals surface area contributed by atoms with Crippen LogP contribution in [0.15, 0.2) is 72.3 Å². The van der Waals surface area contributed by atoms with Crippen molar-refractivity contribution in [2.24, 2.45) is 0 Å². The number of hydrogen-bond donors (Lipinski definition) is 1. The Bertz CT molecular complexity index is 1410. The van der Waals surface area contributed by atoms with E-state index in [1.165, 1.54) is 19.2 Å². The van der Waals surface area contributed by atoms with Crippen molar-refractivity contribution in [2.45, 2.75) is 39.3 Å². The molecule has 204 valence electrons. The molecule has 1 unspecified atom stereocenters. The number of aryl methyl sites for hydroxylation is 1. The van der Waals surface area contributed by atoms with Crippen LogP contribution < -0.4 is 19.1 Å². The highest BCUT2D eigenvalue weighted by atomic mass is 19.4. The molecule has 4 rings (SSSR count). The van der Waals surface area contributed by atoms with Gasteiger partial charge in [-0.25, -0.2) is 0 Å². The van der Waals surface area contributed by atoms with Crippen molar-refractivity contribution in [3.05, 3.63) is 89.0 Å². The third-order valence-corrected chi connectivity index (χ3v) is 6.04. The van der Waals surface area contributed by atoms with Crippen LogP contribution >= 0.6 is 0 Å². The molecule has 1 aliphatic heterocycles. The summed E-state index contributed by atoms with van der Waals surface area (Å²) in [7, 11) is 1.49. The van der Waals surface area contributed by atoms with Crippen LogP contribution in [0.25, 0.3) is 5.76 Å². The number of benzene rings is 3. The lowest BCUT2D eigenvalue weighted by Gasteiger charge is -2.26. The average molecular weight is 542 g/mol. The first-order chi connectivity index (χ1) is 18.4. The maximum Gasteiger partial charge on any atom is 0.573 e. The molecular weight excluding hydrogens is 515 g/mol. The van der Waals surface area contributed by atoms with Gasteiger partial charge >= 0.3 is 6.36 Å². The molecule has 39 heavy (non-hydrogen) atoms. The summed E-state index contributed by atoms with van der Waals surface area (Å²) in [6.07, 6.45) is -4.96. The van der Waals surface area contributed by atoms with Gasteiger partial charge < -0.3 is 19.3 Å². The number of rotatable bonds is 7. The number of ether oxygens (including phenoxy) is 3.